The van der Waals surface area contributed by atoms with Crippen molar-refractivity contribution >= 4 is 29.4 Å². The smallest absolute Gasteiger partial charge is 0.338 e. The molecule has 2 N–H and O–H groups in total. The number of piperazine rings is 1. The van der Waals surface area contributed by atoms with Gasteiger partial charge in [0.15, 0.2) is 0 Å². The van der Waals surface area contributed by atoms with Crippen LogP contribution in [0.25, 0.3) is 0 Å². The number of carbonyl (C=O) groups excluding carboxylic acids is 3. The monoisotopic (exact) mass is 463 g/mol. The van der Waals surface area contributed by atoms with E-state index < -0.39 is 12.0 Å². The quantitative estimate of drug-likeness (QED) is 0.606. The van der Waals surface area contributed by atoms with Crippen LogP contribution in [0.15, 0.2) is 28.1 Å². The van der Waals surface area contributed by atoms with Crippen molar-refractivity contribution in [2.24, 2.45) is 0 Å². The number of hydrogen-bond donors (Lipinski definition) is 2. The maximum atomic E-state index is 13.0. The molecule has 1 fully saturated rings. The van der Waals surface area contributed by atoms with E-state index in [4.69, 9.17) is 4.74 Å². The minimum absolute atomic E-state index is 0.0594. The first-order valence-electron chi connectivity index (χ1n) is 11.1. The number of thiophene rings is 1. The zero-order chi connectivity index (χ0) is 23.3. The number of likely N-dealkylation sites (N-methyl/N-ethyl adjacent to an activating group) is 1. The number of nitrogens with one attached hydrogen (secondary N) is 2. The van der Waals surface area contributed by atoms with Crippen LogP contribution in [0, 0.1) is 0 Å². The Bertz CT molecular complexity index is 847. The predicted molar refractivity (Wildman–Crippen MR) is 123 cm³/mol. The van der Waals surface area contributed by atoms with Crippen LogP contribution in [0.1, 0.15) is 39.3 Å². The molecule has 0 unspecified atom stereocenters. The van der Waals surface area contributed by atoms with E-state index >= 15 is 0 Å². The lowest BCUT2D eigenvalue weighted by Gasteiger charge is -2.40. The lowest BCUT2D eigenvalue weighted by Crippen LogP contribution is -2.55. The second-order valence-electron chi connectivity index (χ2n) is 8.13. The molecule has 32 heavy (non-hydrogen) atoms. The minimum atomic E-state index is -0.538. The summed E-state index contributed by atoms with van der Waals surface area (Å²) in [6.45, 7) is 11.2. The molecule has 0 saturated carbocycles. The van der Waals surface area contributed by atoms with Crippen molar-refractivity contribution in [3.8, 4) is 0 Å². The van der Waals surface area contributed by atoms with Crippen LogP contribution in [-0.2, 0) is 9.53 Å². The molecule has 10 heteroatoms. The summed E-state index contributed by atoms with van der Waals surface area (Å²) in [5, 5.41) is 9.77. The Kier molecular flexibility index (Phi) is 8.14. The van der Waals surface area contributed by atoms with Gasteiger partial charge in [-0.05, 0) is 50.1 Å². The molecule has 3 heterocycles. The fourth-order valence-corrected chi connectivity index (χ4v) is 4.69. The summed E-state index contributed by atoms with van der Waals surface area (Å²) in [5.41, 5.74) is 2.02. The Morgan fingerprint density at radius 3 is 2.53 bits per heavy atom. The number of urea groups is 2. The second-order valence-corrected chi connectivity index (χ2v) is 8.91. The SMILES string of the molecule is CCOC(=O)C1=C(CN2CCN(C(=O)NC(C)C)CC2)N(CC)C(=O)N[C@@H]1c1ccsc1. The molecule has 0 aromatic carbocycles. The normalized spacial score (nSPS) is 19.9. The third-order valence-electron chi connectivity index (χ3n) is 5.57. The molecule has 0 bridgehead atoms. The van der Waals surface area contributed by atoms with Crippen LogP contribution in [0.2, 0.25) is 0 Å². The van der Waals surface area contributed by atoms with Crippen molar-refractivity contribution in [2.45, 2.75) is 39.8 Å². The maximum absolute atomic E-state index is 13.0. The molecule has 4 amide bonds. The van der Waals surface area contributed by atoms with Crippen LogP contribution in [0.3, 0.4) is 0 Å². The lowest BCUT2D eigenvalue weighted by atomic mass is 9.96. The van der Waals surface area contributed by atoms with E-state index in [1.165, 1.54) is 11.3 Å². The summed E-state index contributed by atoms with van der Waals surface area (Å²) in [4.78, 5) is 43.8. The molecule has 3 rings (SSSR count). The van der Waals surface area contributed by atoms with E-state index in [1.807, 2.05) is 37.6 Å². The molecule has 1 aromatic rings. The summed E-state index contributed by atoms with van der Waals surface area (Å²) in [7, 11) is 0. The molecule has 1 atom stereocenters. The van der Waals surface area contributed by atoms with Gasteiger partial charge in [0.1, 0.15) is 0 Å². The first-order valence-corrected chi connectivity index (χ1v) is 12.1. The first-order chi connectivity index (χ1) is 15.3. The lowest BCUT2D eigenvalue weighted by molar-refractivity contribution is -0.139. The zero-order valence-corrected chi connectivity index (χ0v) is 20.0. The van der Waals surface area contributed by atoms with Gasteiger partial charge in [-0.15, -0.1) is 0 Å². The van der Waals surface area contributed by atoms with E-state index in [1.54, 1.807) is 16.7 Å². The van der Waals surface area contributed by atoms with Crippen molar-refractivity contribution in [1.29, 1.82) is 0 Å². The van der Waals surface area contributed by atoms with E-state index in [9.17, 15) is 14.4 Å². The fraction of sp³-hybridized carbons (Fsp3) is 0.591. The van der Waals surface area contributed by atoms with Crippen LogP contribution in [-0.4, -0.2) is 84.6 Å². The summed E-state index contributed by atoms with van der Waals surface area (Å²) in [6, 6.07) is 1.19. The highest BCUT2D eigenvalue weighted by Crippen LogP contribution is 2.33. The first kappa shape index (κ1) is 24.1. The largest absolute Gasteiger partial charge is 0.463 e. The van der Waals surface area contributed by atoms with Crippen molar-refractivity contribution in [3.05, 3.63) is 33.7 Å². The minimum Gasteiger partial charge on any atom is -0.463 e. The molecule has 176 valence electrons. The van der Waals surface area contributed by atoms with E-state index in [0.29, 0.717) is 50.5 Å². The van der Waals surface area contributed by atoms with Gasteiger partial charge in [0.05, 0.1) is 18.2 Å². The molecule has 0 radical (unpaired) electrons. The Morgan fingerprint density at radius 2 is 1.97 bits per heavy atom. The Morgan fingerprint density at radius 1 is 1.25 bits per heavy atom. The number of hydrogen-bond acceptors (Lipinski definition) is 6. The van der Waals surface area contributed by atoms with Gasteiger partial charge in [-0.1, -0.05) is 0 Å². The number of amides is 4. The summed E-state index contributed by atoms with van der Waals surface area (Å²) < 4.78 is 5.39. The molecular formula is C22H33N5O4S. The average molecular weight is 464 g/mol. The fourth-order valence-electron chi connectivity index (χ4n) is 4.01. The Balaban J connectivity index is 1.85. The average Bonchev–Trinajstić information content (AvgIpc) is 3.28. The van der Waals surface area contributed by atoms with Gasteiger partial charge in [-0.2, -0.15) is 11.3 Å². The van der Waals surface area contributed by atoms with E-state index in [-0.39, 0.29) is 24.7 Å². The maximum Gasteiger partial charge on any atom is 0.338 e. The van der Waals surface area contributed by atoms with Gasteiger partial charge in [0, 0.05) is 51.0 Å². The third kappa shape index (κ3) is 5.42. The molecule has 2 aliphatic rings. The molecular weight excluding hydrogens is 430 g/mol. The van der Waals surface area contributed by atoms with Crippen LogP contribution in [0.5, 0.6) is 0 Å². The number of nitrogens with zero attached hydrogens (tertiary/aromatic N) is 3. The van der Waals surface area contributed by atoms with Crippen molar-refractivity contribution < 1.29 is 19.1 Å². The number of ether oxygens (including phenoxy) is 1. The number of esters is 1. The molecule has 0 spiro atoms. The summed E-state index contributed by atoms with van der Waals surface area (Å²) >= 11 is 1.52. The highest BCUT2D eigenvalue weighted by atomic mass is 32.1. The second kappa shape index (κ2) is 10.8. The van der Waals surface area contributed by atoms with Crippen LogP contribution in [0.4, 0.5) is 9.59 Å². The summed E-state index contributed by atoms with van der Waals surface area (Å²) in [5.74, 6) is -0.410. The molecule has 0 aliphatic carbocycles. The Hall–Kier alpha value is -2.59. The van der Waals surface area contributed by atoms with Gasteiger partial charge in [-0.3, -0.25) is 9.80 Å². The Labute approximate surface area is 193 Å². The molecule has 2 aliphatic heterocycles. The third-order valence-corrected chi connectivity index (χ3v) is 6.27. The standard InChI is InChI=1S/C22H33N5O4S/c1-5-27-17(13-25-8-10-26(11-9-25)21(29)23-15(3)4)18(20(28)31-6-2)19(24-22(27)30)16-7-12-32-14-16/h7,12,14-15,19H,5-6,8-11,13H2,1-4H3,(H,23,29)(H,24,30)/t19-/m1/s1. The summed E-state index contributed by atoms with van der Waals surface area (Å²) in [6.07, 6.45) is 0. The molecule has 9 nitrogen and oxygen atoms in total. The highest BCUT2D eigenvalue weighted by Gasteiger charge is 2.38. The van der Waals surface area contributed by atoms with Gasteiger partial charge in [0.25, 0.3) is 0 Å². The van der Waals surface area contributed by atoms with E-state index in [0.717, 1.165) is 5.56 Å². The van der Waals surface area contributed by atoms with Gasteiger partial charge in [0.2, 0.25) is 0 Å². The van der Waals surface area contributed by atoms with Crippen molar-refractivity contribution in [3.63, 3.8) is 0 Å². The van der Waals surface area contributed by atoms with Gasteiger partial charge < -0.3 is 20.3 Å². The predicted octanol–water partition coefficient (Wildman–Crippen LogP) is 2.39. The topological polar surface area (TPSA) is 94.2 Å². The van der Waals surface area contributed by atoms with Crippen molar-refractivity contribution in [2.75, 3.05) is 45.9 Å². The van der Waals surface area contributed by atoms with Crippen LogP contribution >= 0.6 is 11.3 Å². The molecule has 1 aromatic heterocycles. The highest BCUT2D eigenvalue weighted by molar-refractivity contribution is 7.08. The number of rotatable bonds is 7. The van der Waals surface area contributed by atoms with E-state index in [2.05, 4.69) is 15.5 Å². The molecule has 1 saturated heterocycles. The zero-order valence-electron chi connectivity index (χ0n) is 19.2. The van der Waals surface area contributed by atoms with Crippen LogP contribution < -0.4 is 10.6 Å². The van der Waals surface area contributed by atoms with Crippen molar-refractivity contribution in [1.82, 2.24) is 25.3 Å². The van der Waals surface area contributed by atoms with Gasteiger partial charge >= 0.3 is 18.0 Å². The van der Waals surface area contributed by atoms with Gasteiger partial charge in [-0.25, -0.2) is 14.4 Å². The number of carbonyl (C=O) groups is 3.